The van der Waals surface area contributed by atoms with Crippen molar-refractivity contribution in [2.75, 3.05) is 22.9 Å². The molecule has 0 spiro atoms. The molecule has 0 aromatic heterocycles. The molecule has 0 saturated heterocycles. The number of benzene rings is 2. The van der Waals surface area contributed by atoms with Crippen molar-refractivity contribution in [3.8, 4) is 0 Å². The standard InChI is InChI=1S/C15H15ClN2O3S/c1-18(22(2,20)21)12-9-7-11(8-10-12)17-15(19)13-5-3-4-6-14(13)16/h3-10H,1-2H3,(H,17,19). The summed E-state index contributed by atoms with van der Waals surface area (Å²) in [7, 11) is -1.85. The van der Waals surface area contributed by atoms with E-state index in [4.69, 9.17) is 11.6 Å². The number of nitrogens with one attached hydrogen (secondary N) is 1. The molecule has 0 aliphatic carbocycles. The summed E-state index contributed by atoms with van der Waals surface area (Å²) >= 11 is 5.97. The fourth-order valence-corrected chi connectivity index (χ4v) is 2.52. The first-order chi connectivity index (χ1) is 10.3. The maximum Gasteiger partial charge on any atom is 0.257 e. The van der Waals surface area contributed by atoms with Crippen molar-refractivity contribution < 1.29 is 13.2 Å². The second-order valence-electron chi connectivity index (χ2n) is 4.71. The maximum absolute atomic E-state index is 12.1. The van der Waals surface area contributed by atoms with Gasteiger partial charge < -0.3 is 5.32 Å². The highest BCUT2D eigenvalue weighted by Gasteiger charge is 2.13. The number of anilines is 2. The van der Waals surface area contributed by atoms with Crippen molar-refractivity contribution in [2.24, 2.45) is 0 Å². The Balaban J connectivity index is 2.15. The van der Waals surface area contributed by atoms with E-state index >= 15 is 0 Å². The van der Waals surface area contributed by atoms with Crippen LogP contribution < -0.4 is 9.62 Å². The Morgan fingerprint density at radius 2 is 1.68 bits per heavy atom. The molecule has 0 fully saturated rings. The third kappa shape index (κ3) is 3.78. The minimum absolute atomic E-state index is 0.324. The molecule has 0 heterocycles. The van der Waals surface area contributed by atoms with Crippen molar-refractivity contribution in [2.45, 2.75) is 0 Å². The summed E-state index contributed by atoms with van der Waals surface area (Å²) in [6.07, 6.45) is 1.13. The van der Waals surface area contributed by atoms with Gasteiger partial charge in [-0.3, -0.25) is 9.10 Å². The van der Waals surface area contributed by atoms with E-state index in [2.05, 4.69) is 5.32 Å². The monoisotopic (exact) mass is 338 g/mol. The molecule has 7 heteroatoms. The van der Waals surface area contributed by atoms with Gasteiger partial charge in [-0.15, -0.1) is 0 Å². The summed E-state index contributed by atoms with van der Waals surface area (Å²) < 4.78 is 24.1. The highest BCUT2D eigenvalue weighted by Crippen LogP contribution is 2.21. The quantitative estimate of drug-likeness (QED) is 0.932. The van der Waals surface area contributed by atoms with Crippen LogP contribution in [0.2, 0.25) is 5.02 Å². The third-order valence-corrected chi connectivity index (χ3v) is 4.64. The number of sulfonamides is 1. The number of hydrogen-bond acceptors (Lipinski definition) is 3. The first-order valence-electron chi connectivity index (χ1n) is 6.39. The zero-order valence-electron chi connectivity index (χ0n) is 12.1. The predicted molar refractivity (Wildman–Crippen MR) is 89.1 cm³/mol. The lowest BCUT2D eigenvalue weighted by atomic mass is 10.2. The van der Waals surface area contributed by atoms with Gasteiger partial charge in [0.25, 0.3) is 5.91 Å². The number of carbonyl (C=O) groups is 1. The summed E-state index contributed by atoms with van der Waals surface area (Å²) in [5, 5.41) is 3.08. The molecule has 0 bridgehead atoms. The second-order valence-corrected chi connectivity index (χ2v) is 7.13. The highest BCUT2D eigenvalue weighted by molar-refractivity contribution is 7.92. The lowest BCUT2D eigenvalue weighted by molar-refractivity contribution is 0.102. The van der Waals surface area contributed by atoms with Gasteiger partial charge in [0.15, 0.2) is 0 Å². The first-order valence-corrected chi connectivity index (χ1v) is 8.61. The molecule has 1 amide bonds. The molecule has 2 rings (SSSR count). The minimum Gasteiger partial charge on any atom is -0.322 e. The van der Waals surface area contributed by atoms with E-state index < -0.39 is 10.0 Å². The Hall–Kier alpha value is -2.05. The summed E-state index contributed by atoms with van der Waals surface area (Å²) in [4.78, 5) is 12.1. The summed E-state index contributed by atoms with van der Waals surface area (Å²) in [6.45, 7) is 0. The van der Waals surface area contributed by atoms with E-state index in [9.17, 15) is 13.2 Å². The molecule has 22 heavy (non-hydrogen) atoms. The number of amides is 1. The molecular formula is C15H15ClN2O3S. The average Bonchev–Trinajstić information content (AvgIpc) is 2.46. The van der Waals surface area contributed by atoms with E-state index in [0.717, 1.165) is 10.6 Å². The Bertz CT molecular complexity index is 789. The van der Waals surface area contributed by atoms with Crippen LogP contribution >= 0.6 is 11.6 Å². The summed E-state index contributed by atoms with van der Waals surface area (Å²) in [5.41, 5.74) is 1.44. The molecular weight excluding hydrogens is 324 g/mol. The minimum atomic E-state index is -3.31. The molecule has 2 aromatic rings. The van der Waals surface area contributed by atoms with Gasteiger partial charge >= 0.3 is 0 Å². The van der Waals surface area contributed by atoms with E-state index in [1.165, 1.54) is 7.05 Å². The SMILES string of the molecule is CN(c1ccc(NC(=O)c2ccccc2Cl)cc1)S(C)(=O)=O. The zero-order valence-corrected chi connectivity index (χ0v) is 13.6. The van der Waals surface area contributed by atoms with Gasteiger partial charge in [0.2, 0.25) is 10.0 Å². The van der Waals surface area contributed by atoms with Crippen molar-refractivity contribution in [1.29, 1.82) is 0 Å². The Kier molecular flexibility index (Phi) is 4.73. The van der Waals surface area contributed by atoms with Gasteiger partial charge in [0, 0.05) is 12.7 Å². The largest absolute Gasteiger partial charge is 0.322 e. The van der Waals surface area contributed by atoms with E-state index in [-0.39, 0.29) is 5.91 Å². The van der Waals surface area contributed by atoms with Crippen molar-refractivity contribution in [3.05, 3.63) is 59.1 Å². The van der Waals surface area contributed by atoms with Gasteiger partial charge in [0.05, 0.1) is 22.5 Å². The number of nitrogens with zero attached hydrogens (tertiary/aromatic N) is 1. The fourth-order valence-electron chi connectivity index (χ4n) is 1.79. The molecule has 0 radical (unpaired) electrons. The normalized spacial score (nSPS) is 11.0. The van der Waals surface area contributed by atoms with Gasteiger partial charge in [-0.2, -0.15) is 0 Å². The summed E-state index contributed by atoms with van der Waals surface area (Å²) in [6, 6.07) is 13.2. The van der Waals surface area contributed by atoms with Crippen LogP contribution in [0, 0.1) is 0 Å². The van der Waals surface area contributed by atoms with Crippen LogP contribution in [-0.4, -0.2) is 27.6 Å². The molecule has 0 saturated carbocycles. The van der Waals surface area contributed by atoms with Crippen LogP contribution in [-0.2, 0) is 10.0 Å². The average molecular weight is 339 g/mol. The van der Waals surface area contributed by atoms with Crippen LogP contribution in [0.25, 0.3) is 0 Å². The van der Waals surface area contributed by atoms with Crippen LogP contribution in [0.1, 0.15) is 10.4 Å². The number of carbonyl (C=O) groups excluding carboxylic acids is 1. The van der Waals surface area contributed by atoms with Crippen LogP contribution in [0.3, 0.4) is 0 Å². The van der Waals surface area contributed by atoms with Gasteiger partial charge in [-0.25, -0.2) is 8.42 Å². The van der Waals surface area contributed by atoms with Crippen molar-refractivity contribution in [1.82, 2.24) is 0 Å². The van der Waals surface area contributed by atoms with Crippen molar-refractivity contribution >= 4 is 38.9 Å². The third-order valence-electron chi connectivity index (χ3n) is 3.10. The molecule has 0 aliphatic rings. The Labute approximate surface area is 134 Å². The first kappa shape index (κ1) is 16.3. The smallest absolute Gasteiger partial charge is 0.257 e. The van der Waals surface area contributed by atoms with Gasteiger partial charge in [-0.05, 0) is 36.4 Å². The Morgan fingerprint density at radius 1 is 1.09 bits per heavy atom. The molecule has 2 aromatic carbocycles. The number of hydrogen-bond donors (Lipinski definition) is 1. The van der Waals surface area contributed by atoms with Crippen LogP contribution in [0.4, 0.5) is 11.4 Å². The second kappa shape index (κ2) is 6.37. The molecule has 0 unspecified atom stereocenters. The predicted octanol–water partition coefficient (Wildman–Crippen LogP) is 2.99. The molecule has 0 atom stereocenters. The summed E-state index contributed by atoms with van der Waals surface area (Å²) in [5.74, 6) is -0.324. The highest BCUT2D eigenvalue weighted by atomic mass is 35.5. The topological polar surface area (TPSA) is 66.5 Å². The maximum atomic E-state index is 12.1. The van der Waals surface area contributed by atoms with Crippen molar-refractivity contribution in [3.63, 3.8) is 0 Å². The lowest BCUT2D eigenvalue weighted by Gasteiger charge is -2.17. The molecule has 0 aliphatic heterocycles. The van der Waals surface area contributed by atoms with E-state index in [1.807, 2.05) is 0 Å². The molecule has 116 valence electrons. The number of rotatable bonds is 4. The van der Waals surface area contributed by atoms with Crippen LogP contribution in [0.5, 0.6) is 0 Å². The van der Waals surface area contributed by atoms with Crippen LogP contribution in [0.15, 0.2) is 48.5 Å². The van der Waals surface area contributed by atoms with E-state index in [1.54, 1.807) is 48.5 Å². The Morgan fingerprint density at radius 3 is 2.23 bits per heavy atom. The van der Waals surface area contributed by atoms with Gasteiger partial charge in [-0.1, -0.05) is 23.7 Å². The lowest BCUT2D eigenvalue weighted by Crippen LogP contribution is -2.24. The molecule has 1 N–H and O–H groups in total. The zero-order chi connectivity index (χ0) is 16.3. The molecule has 5 nitrogen and oxygen atoms in total. The fraction of sp³-hybridized carbons (Fsp3) is 0.133. The van der Waals surface area contributed by atoms with E-state index in [0.29, 0.717) is 22.0 Å². The number of halogens is 1. The van der Waals surface area contributed by atoms with Gasteiger partial charge in [0.1, 0.15) is 0 Å².